The largest absolute Gasteiger partial charge is 0.481 e. The van der Waals surface area contributed by atoms with Crippen LogP contribution in [0.15, 0.2) is 23.8 Å². The van der Waals surface area contributed by atoms with E-state index < -0.39 is 11.9 Å². The van der Waals surface area contributed by atoms with E-state index in [1.807, 2.05) is 12.2 Å². The van der Waals surface area contributed by atoms with Crippen molar-refractivity contribution in [2.75, 3.05) is 13.2 Å². The van der Waals surface area contributed by atoms with Crippen LogP contribution >= 0.6 is 0 Å². The lowest BCUT2D eigenvalue weighted by Gasteiger charge is -2.11. The van der Waals surface area contributed by atoms with Crippen LogP contribution < -0.4 is 0 Å². The van der Waals surface area contributed by atoms with Crippen molar-refractivity contribution < 1.29 is 14.6 Å². The van der Waals surface area contributed by atoms with Crippen molar-refractivity contribution in [3.05, 3.63) is 23.8 Å². The lowest BCUT2D eigenvalue weighted by Crippen LogP contribution is -2.17. The number of aliphatic carboxylic acids is 1. The summed E-state index contributed by atoms with van der Waals surface area (Å²) in [6, 6.07) is 0. The molecular formula is C11H16O3. The molecule has 0 fully saturated rings. The zero-order valence-electron chi connectivity index (χ0n) is 8.40. The number of carboxylic acid groups (broad SMARTS) is 1. The molecule has 1 aliphatic carbocycles. The van der Waals surface area contributed by atoms with Crippen LogP contribution in [0.3, 0.4) is 0 Å². The Labute approximate surface area is 84.1 Å². The molecular weight excluding hydrogens is 180 g/mol. The fourth-order valence-electron chi connectivity index (χ4n) is 1.21. The van der Waals surface area contributed by atoms with E-state index in [4.69, 9.17) is 9.84 Å². The molecule has 78 valence electrons. The lowest BCUT2D eigenvalue weighted by molar-refractivity contribution is -0.143. The first kappa shape index (κ1) is 11.0. The Morgan fingerprint density at radius 3 is 3.07 bits per heavy atom. The van der Waals surface area contributed by atoms with Crippen LogP contribution in [0, 0.1) is 5.92 Å². The highest BCUT2D eigenvalue weighted by Crippen LogP contribution is 2.12. The van der Waals surface area contributed by atoms with Gasteiger partial charge in [0.05, 0.1) is 19.1 Å². The van der Waals surface area contributed by atoms with Gasteiger partial charge in [-0.15, -0.1) is 0 Å². The van der Waals surface area contributed by atoms with E-state index in [1.54, 1.807) is 6.92 Å². The lowest BCUT2D eigenvalue weighted by atomic mass is 10.1. The first-order chi connectivity index (χ1) is 6.70. The number of ether oxygens (including phenoxy) is 1. The molecule has 1 unspecified atom stereocenters. The molecule has 3 nitrogen and oxygen atoms in total. The Kier molecular flexibility index (Phi) is 4.40. The highest BCUT2D eigenvalue weighted by Gasteiger charge is 2.10. The first-order valence-corrected chi connectivity index (χ1v) is 4.85. The number of carboxylic acids is 1. The van der Waals surface area contributed by atoms with Crippen LogP contribution in [0.2, 0.25) is 0 Å². The van der Waals surface area contributed by atoms with Crippen molar-refractivity contribution in [2.24, 2.45) is 5.92 Å². The van der Waals surface area contributed by atoms with Crippen molar-refractivity contribution in [1.82, 2.24) is 0 Å². The minimum absolute atomic E-state index is 0.288. The van der Waals surface area contributed by atoms with Gasteiger partial charge in [-0.05, 0) is 25.3 Å². The highest BCUT2D eigenvalue weighted by molar-refractivity contribution is 5.69. The molecule has 0 heterocycles. The second-order valence-corrected chi connectivity index (χ2v) is 3.55. The summed E-state index contributed by atoms with van der Waals surface area (Å²) in [5.74, 6) is -1.22. The molecule has 1 N–H and O–H groups in total. The van der Waals surface area contributed by atoms with Crippen LogP contribution in [-0.4, -0.2) is 24.3 Å². The molecule has 0 spiro atoms. The highest BCUT2D eigenvalue weighted by atomic mass is 16.5. The molecule has 0 radical (unpaired) electrons. The van der Waals surface area contributed by atoms with Crippen molar-refractivity contribution >= 4 is 5.97 Å². The first-order valence-electron chi connectivity index (χ1n) is 4.85. The summed E-state index contributed by atoms with van der Waals surface area (Å²) >= 11 is 0. The van der Waals surface area contributed by atoms with Crippen LogP contribution in [0.1, 0.15) is 19.8 Å². The van der Waals surface area contributed by atoms with Gasteiger partial charge in [0.2, 0.25) is 0 Å². The van der Waals surface area contributed by atoms with Gasteiger partial charge in [0.1, 0.15) is 0 Å². The number of carbonyl (C=O) groups is 1. The topological polar surface area (TPSA) is 46.5 Å². The van der Waals surface area contributed by atoms with Crippen molar-refractivity contribution in [3.8, 4) is 0 Å². The molecule has 0 saturated heterocycles. The minimum atomic E-state index is -0.803. The molecule has 0 aromatic rings. The summed E-state index contributed by atoms with van der Waals surface area (Å²) in [5, 5.41) is 8.61. The monoisotopic (exact) mass is 196 g/mol. The van der Waals surface area contributed by atoms with Crippen LogP contribution in [-0.2, 0) is 9.53 Å². The Morgan fingerprint density at radius 2 is 2.50 bits per heavy atom. The average Bonchev–Trinajstić information content (AvgIpc) is 2.19. The van der Waals surface area contributed by atoms with Crippen LogP contribution in [0.4, 0.5) is 0 Å². The minimum Gasteiger partial charge on any atom is -0.481 e. The fraction of sp³-hybridized carbons (Fsp3) is 0.545. The zero-order valence-corrected chi connectivity index (χ0v) is 8.40. The van der Waals surface area contributed by atoms with Gasteiger partial charge in [-0.2, -0.15) is 0 Å². The Balaban J connectivity index is 2.18. The van der Waals surface area contributed by atoms with Gasteiger partial charge in [-0.1, -0.05) is 18.2 Å². The van der Waals surface area contributed by atoms with Gasteiger partial charge in [-0.3, -0.25) is 4.79 Å². The van der Waals surface area contributed by atoms with Gasteiger partial charge in [-0.25, -0.2) is 0 Å². The molecule has 14 heavy (non-hydrogen) atoms. The predicted molar refractivity (Wildman–Crippen MR) is 54.1 cm³/mol. The smallest absolute Gasteiger partial charge is 0.308 e. The Hall–Kier alpha value is -1.09. The predicted octanol–water partition coefficient (Wildman–Crippen LogP) is 2.00. The van der Waals surface area contributed by atoms with Crippen LogP contribution in [0.5, 0.6) is 0 Å². The molecule has 1 atom stereocenters. The summed E-state index contributed by atoms with van der Waals surface area (Å²) in [5.41, 5.74) is 1.24. The summed E-state index contributed by atoms with van der Waals surface area (Å²) in [7, 11) is 0. The van der Waals surface area contributed by atoms with E-state index in [-0.39, 0.29) is 6.61 Å². The number of rotatable bonds is 5. The van der Waals surface area contributed by atoms with Crippen molar-refractivity contribution in [3.63, 3.8) is 0 Å². The Bertz CT molecular complexity index is 253. The number of hydrogen-bond donors (Lipinski definition) is 1. The van der Waals surface area contributed by atoms with E-state index in [0.29, 0.717) is 6.61 Å². The molecule has 0 aliphatic heterocycles. The number of allylic oxidation sites excluding steroid dienone is 3. The van der Waals surface area contributed by atoms with Crippen molar-refractivity contribution in [1.29, 1.82) is 0 Å². The van der Waals surface area contributed by atoms with E-state index in [2.05, 4.69) is 6.08 Å². The average molecular weight is 196 g/mol. The van der Waals surface area contributed by atoms with E-state index >= 15 is 0 Å². The van der Waals surface area contributed by atoms with E-state index in [9.17, 15) is 4.79 Å². The second-order valence-electron chi connectivity index (χ2n) is 3.55. The summed E-state index contributed by atoms with van der Waals surface area (Å²) in [4.78, 5) is 10.5. The van der Waals surface area contributed by atoms with Crippen molar-refractivity contribution in [2.45, 2.75) is 19.8 Å². The maximum Gasteiger partial charge on any atom is 0.308 e. The molecule has 1 rings (SSSR count). The van der Waals surface area contributed by atoms with E-state index in [0.717, 1.165) is 12.8 Å². The fourth-order valence-corrected chi connectivity index (χ4v) is 1.21. The zero-order chi connectivity index (χ0) is 10.4. The molecule has 3 heteroatoms. The summed E-state index contributed by atoms with van der Waals surface area (Å²) < 4.78 is 5.31. The molecule has 1 aliphatic rings. The van der Waals surface area contributed by atoms with Gasteiger partial charge in [0.15, 0.2) is 0 Å². The molecule has 0 aromatic heterocycles. The third-order valence-electron chi connectivity index (χ3n) is 2.18. The molecule has 0 amide bonds. The van der Waals surface area contributed by atoms with Gasteiger partial charge >= 0.3 is 5.97 Å². The maximum absolute atomic E-state index is 10.5. The standard InChI is InChI=1S/C11H16O3/c1-9(11(12)13)7-14-8-10-5-3-2-4-6-10/h2-3,5,9H,4,6-8H2,1H3,(H,12,13). The number of hydrogen-bond acceptors (Lipinski definition) is 2. The summed E-state index contributed by atoms with van der Waals surface area (Å²) in [6.07, 6.45) is 8.25. The molecule has 0 bridgehead atoms. The molecule has 0 aromatic carbocycles. The summed E-state index contributed by atoms with van der Waals surface area (Å²) in [6.45, 7) is 2.50. The third-order valence-corrected chi connectivity index (χ3v) is 2.18. The third kappa shape index (κ3) is 3.75. The van der Waals surface area contributed by atoms with Gasteiger partial charge in [0.25, 0.3) is 0 Å². The second kappa shape index (κ2) is 5.60. The SMILES string of the molecule is CC(COCC1=CC=CCC1)C(=O)O. The van der Waals surface area contributed by atoms with Crippen LogP contribution in [0.25, 0.3) is 0 Å². The van der Waals surface area contributed by atoms with Gasteiger partial charge in [0, 0.05) is 0 Å². The Morgan fingerprint density at radius 1 is 1.71 bits per heavy atom. The van der Waals surface area contributed by atoms with E-state index in [1.165, 1.54) is 5.57 Å². The quantitative estimate of drug-likeness (QED) is 0.731. The van der Waals surface area contributed by atoms with Gasteiger partial charge < -0.3 is 9.84 Å². The maximum atomic E-state index is 10.5. The normalized spacial score (nSPS) is 17.6. The molecule has 0 saturated carbocycles.